The number of ether oxygens (including phenoxy) is 2. The Bertz CT molecular complexity index is 1330. The minimum Gasteiger partial charge on any atom is -0.485 e. The molecule has 9 heteroatoms. The van der Waals surface area contributed by atoms with Crippen molar-refractivity contribution in [2.24, 2.45) is 0 Å². The van der Waals surface area contributed by atoms with Gasteiger partial charge < -0.3 is 14.8 Å². The summed E-state index contributed by atoms with van der Waals surface area (Å²) in [6.07, 6.45) is -0.447. The van der Waals surface area contributed by atoms with Gasteiger partial charge in [-0.1, -0.05) is 59.8 Å². The number of para-hydroxylation sites is 3. The lowest BCUT2D eigenvalue weighted by atomic mass is 10.2. The van der Waals surface area contributed by atoms with Crippen molar-refractivity contribution < 1.29 is 14.3 Å². The first-order valence-electron chi connectivity index (χ1n) is 10.7. The molecule has 0 radical (unpaired) electrons. The fourth-order valence-corrected chi connectivity index (χ4v) is 4.63. The van der Waals surface area contributed by atoms with Crippen molar-refractivity contribution >= 4 is 35.0 Å². The molecule has 4 aromatic rings. The molecule has 34 heavy (non-hydrogen) atoms. The van der Waals surface area contributed by atoms with Gasteiger partial charge in [-0.05, 0) is 48.9 Å². The van der Waals surface area contributed by atoms with Gasteiger partial charge >= 0.3 is 0 Å². The number of halogens is 1. The Morgan fingerprint density at radius 1 is 1.09 bits per heavy atom. The number of fused-ring (bicyclic) bond motifs is 1. The Morgan fingerprint density at radius 3 is 2.65 bits per heavy atom. The molecule has 7 nitrogen and oxygen atoms in total. The number of carbonyl (C=O) groups is 1. The average Bonchev–Trinajstić information content (AvgIpc) is 3.29. The number of hydrogen-bond acceptors (Lipinski definition) is 6. The van der Waals surface area contributed by atoms with E-state index in [-0.39, 0.29) is 11.7 Å². The number of anilines is 1. The third-order valence-corrected chi connectivity index (χ3v) is 6.44. The highest BCUT2D eigenvalue weighted by atomic mass is 35.5. The van der Waals surface area contributed by atoms with Crippen LogP contribution in [0.1, 0.15) is 17.5 Å². The fourth-order valence-electron chi connectivity index (χ4n) is 3.59. The Kier molecular flexibility index (Phi) is 6.42. The highest BCUT2D eigenvalue weighted by Gasteiger charge is 2.29. The molecule has 1 amide bonds. The highest BCUT2D eigenvalue weighted by molar-refractivity contribution is 7.99. The van der Waals surface area contributed by atoms with Gasteiger partial charge in [0.15, 0.2) is 28.6 Å². The first-order valence-corrected chi connectivity index (χ1v) is 12.0. The second-order valence-corrected chi connectivity index (χ2v) is 9.05. The molecule has 0 aliphatic carbocycles. The number of nitrogens with one attached hydrogen (secondary N) is 1. The molecule has 0 unspecified atom stereocenters. The van der Waals surface area contributed by atoms with Crippen molar-refractivity contribution in [1.82, 2.24) is 14.8 Å². The monoisotopic (exact) mass is 492 g/mol. The molecule has 2 heterocycles. The molecule has 1 aromatic heterocycles. The van der Waals surface area contributed by atoms with E-state index >= 15 is 0 Å². The second-order valence-electron chi connectivity index (χ2n) is 7.70. The van der Waals surface area contributed by atoms with Crippen molar-refractivity contribution in [1.29, 1.82) is 0 Å². The predicted octanol–water partition coefficient (Wildman–Crippen LogP) is 5.47. The predicted molar refractivity (Wildman–Crippen MR) is 132 cm³/mol. The van der Waals surface area contributed by atoms with Crippen molar-refractivity contribution in [3.8, 4) is 17.2 Å². The average molecular weight is 493 g/mol. The number of hydrogen-bond donors (Lipinski definition) is 1. The second kappa shape index (κ2) is 9.79. The molecule has 0 fully saturated rings. The number of amides is 1. The fraction of sp³-hybridized carbons (Fsp3) is 0.160. The lowest BCUT2D eigenvalue weighted by Crippen LogP contribution is -2.24. The summed E-state index contributed by atoms with van der Waals surface area (Å²) in [5.41, 5.74) is 2.47. The van der Waals surface area contributed by atoms with Crippen molar-refractivity contribution in [3.05, 3.63) is 89.2 Å². The maximum Gasteiger partial charge on any atom is 0.234 e. The summed E-state index contributed by atoms with van der Waals surface area (Å²) in [5, 5.41) is 12.7. The number of benzene rings is 3. The smallest absolute Gasteiger partial charge is 0.234 e. The number of rotatable bonds is 6. The van der Waals surface area contributed by atoms with E-state index in [2.05, 4.69) is 15.5 Å². The van der Waals surface area contributed by atoms with E-state index in [1.165, 1.54) is 11.8 Å². The van der Waals surface area contributed by atoms with Crippen LogP contribution in [0, 0.1) is 6.92 Å². The minimum atomic E-state index is -0.447. The van der Waals surface area contributed by atoms with Crippen LogP contribution in [-0.4, -0.2) is 33.0 Å². The zero-order valence-corrected chi connectivity index (χ0v) is 19.8. The van der Waals surface area contributed by atoms with Gasteiger partial charge in [0.25, 0.3) is 0 Å². The quantitative estimate of drug-likeness (QED) is 0.359. The van der Waals surface area contributed by atoms with Crippen LogP contribution < -0.4 is 14.8 Å². The van der Waals surface area contributed by atoms with Crippen molar-refractivity contribution in [2.45, 2.75) is 18.2 Å². The number of aromatic nitrogens is 3. The molecule has 1 atom stereocenters. The largest absolute Gasteiger partial charge is 0.485 e. The molecule has 5 rings (SSSR count). The van der Waals surface area contributed by atoms with Gasteiger partial charge in [-0.25, -0.2) is 0 Å². The van der Waals surface area contributed by atoms with E-state index in [9.17, 15) is 4.79 Å². The molecule has 3 aromatic carbocycles. The van der Waals surface area contributed by atoms with Crippen LogP contribution >= 0.6 is 23.4 Å². The summed E-state index contributed by atoms with van der Waals surface area (Å²) >= 11 is 7.53. The van der Waals surface area contributed by atoms with Crippen molar-refractivity contribution in [2.75, 3.05) is 17.7 Å². The molecule has 0 saturated heterocycles. The molecule has 1 aliphatic heterocycles. The van der Waals surface area contributed by atoms with Crippen LogP contribution in [-0.2, 0) is 4.79 Å². The minimum absolute atomic E-state index is 0.139. The number of thioether (sulfide) groups is 1. The topological polar surface area (TPSA) is 78.3 Å². The molecule has 172 valence electrons. The van der Waals surface area contributed by atoms with E-state index in [4.69, 9.17) is 21.1 Å². The number of carbonyl (C=O) groups excluding carboxylic acids is 1. The molecule has 0 saturated carbocycles. The van der Waals surface area contributed by atoms with Gasteiger partial charge in [0.2, 0.25) is 5.91 Å². The Balaban J connectivity index is 1.37. The first-order chi connectivity index (χ1) is 16.6. The molecule has 1 N–H and O–H groups in total. The normalized spacial score (nSPS) is 14.6. The number of aryl methyl sites for hydroxylation is 1. The third-order valence-electron chi connectivity index (χ3n) is 5.20. The lowest BCUT2D eigenvalue weighted by Gasteiger charge is -2.26. The molecular formula is C25H21ClN4O3S. The first kappa shape index (κ1) is 22.3. The van der Waals surface area contributed by atoms with Crippen LogP contribution in [0.2, 0.25) is 5.02 Å². The Hall–Kier alpha value is -3.49. The molecule has 0 spiro atoms. The van der Waals surface area contributed by atoms with E-state index < -0.39 is 6.10 Å². The van der Waals surface area contributed by atoms with Crippen LogP contribution in [0.4, 0.5) is 5.69 Å². The lowest BCUT2D eigenvalue weighted by molar-refractivity contribution is -0.113. The van der Waals surface area contributed by atoms with Gasteiger partial charge in [-0.15, -0.1) is 10.2 Å². The van der Waals surface area contributed by atoms with Gasteiger partial charge in [0.05, 0.1) is 16.5 Å². The SMILES string of the molecule is Cc1ccc(NC(=O)CSc2nnc([C@H]3COc4ccccc4O3)n2-c2ccccc2)c(Cl)c1. The molecule has 0 bridgehead atoms. The Labute approximate surface area is 206 Å². The molecule has 1 aliphatic rings. The van der Waals surface area contributed by atoms with E-state index in [0.29, 0.717) is 39.8 Å². The van der Waals surface area contributed by atoms with Gasteiger partial charge in [-0.3, -0.25) is 9.36 Å². The summed E-state index contributed by atoms with van der Waals surface area (Å²) in [5.74, 6) is 1.91. The summed E-state index contributed by atoms with van der Waals surface area (Å²) < 4.78 is 14.0. The zero-order chi connectivity index (χ0) is 23.5. The Morgan fingerprint density at radius 2 is 1.85 bits per heavy atom. The van der Waals surface area contributed by atoms with Crippen molar-refractivity contribution in [3.63, 3.8) is 0 Å². The summed E-state index contributed by atoms with van der Waals surface area (Å²) in [6, 6.07) is 22.8. The van der Waals surface area contributed by atoms with E-state index in [1.54, 1.807) is 6.07 Å². The van der Waals surface area contributed by atoms with E-state index in [0.717, 1.165) is 11.3 Å². The summed E-state index contributed by atoms with van der Waals surface area (Å²) in [4.78, 5) is 12.6. The van der Waals surface area contributed by atoms with Gasteiger partial charge in [0.1, 0.15) is 6.61 Å². The zero-order valence-electron chi connectivity index (χ0n) is 18.3. The highest BCUT2D eigenvalue weighted by Crippen LogP contribution is 2.37. The van der Waals surface area contributed by atoms with Crippen LogP contribution in [0.5, 0.6) is 11.5 Å². The third kappa shape index (κ3) is 4.73. The van der Waals surface area contributed by atoms with Gasteiger partial charge in [0, 0.05) is 5.69 Å². The van der Waals surface area contributed by atoms with E-state index in [1.807, 2.05) is 78.2 Å². The summed E-state index contributed by atoms with van der Waals surface area (Å²) in [6.45, 7) is 2.25. The maximum atomic E-state index is 12.6. The van der Waals surface area contributed by atoms with Crippen LogP contribution in [0.25, 0.3) is 5.69 Å². The molecular weight excluding hydrogens is 472 g/mol. The number of nitrogens with zero attached hydrogens (tertiary/aromatic N) is 3. The maximum absolute atomic E-state index is 12.6. The van der Waals surface area contributed by atoms with Gasteiger partial charge in [-0.2, -0.15) is 0 Å². The van der Waals surface area contributed by atoms with Crippen LogP contribution in [0.15, 0.2) is 78.0 Å². The standard InChI is InChI=1S/C25H21ClN4O3S/c1-16-11-12-19(18(26)13-16)27-23(31)15-34-25-29-28-24(30(25)17-7-3-2-4-8-17)22-14-32-20-9-5-6-10-21(20)33-22/h2-13,22H,14-15H2,1H3,(H,27,31)/t22-/m1/s1. The summed E-state index contributed by atoms with van der Waals surface area (Å²) in [7, 11) is 0. The van der Waals surface area contributed by atoms with Crippen LogP contribution in [0.3, 0.4) is 0 Å².